The summed E-state index contributed by atoms with van der Waals surface area (Å²) in [4.78, 5) is 37.5. The lowest BCUT2D eigenvalue weighted by Gasteiger charge is -2.27. The number of carbonyl (C=O) groups is 3. The molecule has 0 aromatic rings. The Labute approximate surface area is 111 Å². The van der Waals surface area contributed by atoms with Crippen molar-refractivity contribution in [3.05, 3.63) is 0 Å². The Balaban J connectivity index is 1.77. The Hall–Kier alpha value is -1.63. The number of hydrogen-bond donors (Lipinski definition) is 1. The number of morpholine rings is 1. The van der Waals surface area contributed by atoms with Crippen molar-refractivity contribution in [1.82, 2.24) is 9.80 Å². The highest BCUT2D eigenvalue weighted by Crippen LogP contribution is 2.18. The normalized spacial score (nSPS) is 23.8. The topological polar surface area (TPSA) is 87.2 Å². The largest absolute Gasteiger partial charge is 0.481 e. The fraction of sp³-hybridized carbons (Fsp3) is 0.750. The van der Waals surface area contributed by atoms with Gasteiger partial charge in [0.1, 0.15) is 0 Å². The number of amides is 2. The molecule has 2 heterocycles. The van der Waals surface area contributed by atoms with Crippen LogP contribution in [0, 0.1) is 5.92 Å². The van der Waals surface area contributed by atoms with E-state index < -0.39 is 11.9 Å². The Morgan fingerprint density at radius 3 is 2.58 bits per heavy atom. The summed E-state index contributed by atoms with van der Waals surface area (Å²) in [5, 5.41) is 8.86. The lowest BCUT2D eigenvalue weighted by molar-refractivity contribution is -0.141. The average molecular weight is 270 g/mol. The van der Waals surface area contributed by atoms with E-state index in [1.807, 2.05) is 0 Å². The maximum atomic E-state index is 11.9. The van der Waals surface area contributed by atoms with Gasteiger partial charge in [-0.15, -0.1) is 0 Å². The fourth-order valence-electron chi connectivity index (χ4n) is 2.36. The predicted octanol–water partition coefficient (Wildman–Crippen LogP) is -0.832. The molecule has 2 fully saturated rings. The van der Waals surface area contributed by atoms with Gasteiger partial charge in [-0.05, 0) is 0 Å². The number of carbonyl (C=O) groups excluding carboxylic acids is 2. The molecule has 1 atom stereocenters. The number of carboxylic acids is 1. The van der Waals surface area contributed by atoms with Gasteiger partial charge in [0.15, 0.2) is 0 Å². The molecule has 2 saturated heterocycles. The van der Waals surface area contributed by atoms with Gasteiger partial charge in [0, 0.05) is 39.0 Å². The summed E-state index contributed by atoms with van der Waals surface area (Å²) in [6.45, 7) is 2.80. The lowest BCUT2D eigenvalue weighted by atomic mass is 10.1. The molecule has 0 bridgehead atoms. The number of hydrogen-bond acceptors (Lipinski definition) is 4. The first-order chi connectivity index (χ1) is 9.08. The third kappa shape index (κ3) is 3.44. The standard InChI is InChI=1S/C12H18N2O5/c15-10(13-3-5-19-6-4-13)1-2-14-8-9(12(17)18)7-11(14)16/h9H,1-8H2,(H,17,18). The first kappa shape index (κ1) is 13.8. The third-order valence-electron chi connectivity index (χ3n) is 3.52. The van der Waals surface area contributed by atoms with Gasteiger partial charge in [-0.3, -0.25) is 14.4 Å². The van der Waals surface area contributed by atoms with Crippen molar-refractivity contribution in [2.75, 3.05) is 39.4 Å². The molecule has 2 amide bonds. The molecule has 2 rings (SSSR count). The molecule has 0 aliphatic carbocycles. The first-order valence-electron chi connectivity index (χ1n) is 6.44. The maximum Gasteiger partial charge on any atom is 0.308 e. The number of aliphatic carboxylic acids is 1. The predicted molar refractivity (Wildman–Crippen MR) is 64.3 cm³/mol. The van der Waals surface area contributed by atoms with Crippen molar-refractivity contribution in [2.24, 2.45) is 5.92 Å². The molecule has 0 aromatic carbocycles. The van der Waals surface area contributed by atoms with Gasteiger partial charge >= 0.3 is 5.97 Å². The minimum Gasteiger partial charge on any atom is -0.481 e. The zero-order chi connectivity index (χ0) is 13.8. The van der Waals surface area contributed by atoms with E-state index in [1.54, 1.807) is 4.90 Å². The minimum atomic E-state index is -0.949. The second-order valence-corrected chi connectivity index (χ2v) is 4.82. The van der Waals surface area contributed by atoms with E-state index in [2.05, 4.69) is 0 Å². The van der Waals surface area contributed by atoms with Crippen LogP contribution in [0.3, 0.4) is 0 Å². The van der Waals surface area contributed by atoms with E-state index in [4.69, 9.17) is 9.84 Å². The summed E-state index contributed by atoms with van der Waals surface area (Å²) in [6, 6.07) is 0. The zero-order valence-corrected chi connectivity index (χ0v) is 10.7. The number of ether oxygens (including phenoxy) is 1. The summed E-state index contributed by atoms with van der Waals surface area (Å²) in [5.74, 6) is -1.77. The van der Waals surface area contributed by atoms with Crippen LogP contribution in [-0.4, -0.2) is 72.1 Å². The van der Waals surface area contributed by atoms with Crippen LogP contribution in [0.15, 0.2) is 0 Å². The fourth-order valence-corrected chi connectivity index (χ4v) is 2.36. The van der Waals surface area contributed by atoms with Gasteiger partial charge in [0.05, 0.1) is 19.1 Å². The number of nitrogens with zero attached hydrogens (tertiary/aromatic N) is 2. The van der Waals surface area contributed by atoms with Crippen molar-refractivity contribution >= 4 is 17.8 Å². The zero-order valence-electron chi connectivity index (χ0n) is 10.7. The summed E-state index contributed by atoms with van der Waals surface area (Å²) >= 11 is 0. The Bertz CT molecular complexity index is 378. The smallest absolute Gasteiger partial charge is 0.308 e. The van der Waals surface area contributed by atoms with Crippen molar-refractivity contribution in [3.8, 4) is 0 Å². The lowest BCUT2D eigenvalue weighted by Crippen LogP contribution is -2.42. The van der Waals surface area contributed by atoms with E-state index in [0.717, 1.165) is 0 Å². The molecule has 7 heteroatoms. The quantitative estimate of drug-likeness (QED) is 0.720. The van der Waals surface area contributed by atoms with E-state index in [9.17, 15) is 14.4 Å². The summed E-state index contributed by atoms with van der Waals surface area (Å²) in [7, 11) is 0. The first-order valence-corrected chi connectivity index (χ1v) is 6.44. The van der Waals surface area contributed by atoms with Crippen molar-refractivity contribution in [1.29, 1.82) is 0 Å². The van der Waals surface area contributed by atoms with Gasteiger partial charge in [-0.1, -0.05) is 0 Å². The molecule has 7 nitrogen and oxygen atoms in total. The average Bonchev–Trinajstić information content (AvgIpc) is 2.79. The second kappa shape index (κ2) is 6.01. The van der Waals surface area contributed by atoms with Crippen molar-refractivity contribution in [3.63, 3.8) is 0 Å². The summed E-state index contributed by atoms with van der Waals surface area (Å²) in [6.07, 6.45) is 0.291. The molecular weight excluding hydrogens is 252 g/mol. The Kier molecular flexibility index (Phi) is 4.36. The molecule has 2 aliphatic heterocycles. The highest BCUT2D eigenvalue weighted by atomic mass is 16.5. The Morgan fingerprint density at radius 1 is 1.32 bits per heavy atom. The van der Waals surface area contributed by atoms with Crippen LogP contribution in [0.4, 0.5) is 0 Å². The van der Waals surface area contributed by atoms with Crippen LogP contribution in [-0.2, 0) is 19.1 Å². The second-order valence-electron chi connectivity index (χ2n) is 4.82. The number of likely N-dealkylation sites (tertiary alicyclic amines) is 1. The molecule has 0 radical (unpaired) electrons. The van der Waals surface area contributed by atoms with Crippen LogP contribution in [0.2, 0.25) is 0 Å². The van der Waals surface area contributed by atoms with Crippen LogP contribution >= 0.6 is 0 Å². The number of rotatable bonds is 4. The van der Waals surface area contributed by atoms with Gasteiger partial charge < -0.3 is 19.6 Å². The van der Waals surface area contributed by atoms with E-state index in [-0.39, 0.29) is 31.2 Å². The maximum absolute atomic E-state index is 11.9. The molecule has 1 N–H and O–H groups in total. The summed E-state index contributed by atoms with van der Waals surface area (Å²) < 4.78 is 5.16. The van der Waals surface area contributed by atoms with Crippen molar-refractivity contribution in [2.45, 2.75) is 12.8 Å². The molecule has 0 aromatic heterocycles. The molecule has 1 unspecified atom stereocenters. The van der Waals surface area contributed by atoms with Crippen LogP contribution in [0.25, 0.3) is 0 Å². The molecule has 0 saturated carbocycles. The van der Waals surface area contributed by atoms with Gasteiger partial charge in [0.25, 0.3) is 0 Å². The SMILES string of the molecule is O=C(O)C1CC(=O)N(CCC(=O)N2CCOCC2)C1. The highest BCUT2D eigenvalue weighted by Gasteiger charge is 2.34. The van der Waals surface area contributed by atoms with Gasteiger partial charge in [-0.25, -0.2) is 0 Å². The molecule has 106 valence electrons. The molecular formula is C12H18N2O5. The van der Waals surface area contributed by atoms with Gasteiger partial charge in [-0.2, -0.15) is 0 Å². The van der Waals surface area contributed by atoms with E-state index in [0.29, 0.717) is 32.8 Å². The monoisotopic (exact) mass is 270 g/mol. The van der Waals surface area contributed by atoms with Crippen LogP contribution in [0.1, 0.15) is 12.8 Å². The molecule has 2 aliphatic rings. The van der Waals surface area contributed by atoms with E-state index >= 15 is 0 Å². The van der Waals surface area contributed by atoms with Gasteiger partial charge in [0.2, 0.25) is 11.8 Å². The third-order valence-corrected chi connectivity index (χ3v) is 3.52. The summed E-state index contributed by atoms with van der Waals surface area (Å²) in [5.41, 5.74) is 0. The van der Waals surface area contributed by atoms with E-state index in [1.165, 1.54) is 4.90 Å². The highest BCUT2D eigenvalue weighted by molar-refractivity contribution is 5.86. The van der Waals surface area contributed by atoms with Crippen LogP contribution in [0.5, 0.6) is 0 Å². The molecule has 0 spiro atoms. The van der Waals surface area contributed by atoms with Crippen LogP contribution < -0.4 is 0 Å². The number of carboxylic acid groups (broad SMARTS) is 1. The Morgan fingerprint density at radius 2 is 2.00 bits per heavy atom. The van der Waals surface area contributed by atoms with Crippen molar-refractivity contribution < 1.29 is 24.2 Å². The minimum absolute atomic E-state index is 0.00475. The molecule has 19 heavy (non-hydrogen) atoms.